The molecule has 1 atom stereocenters. The predicted molar refractivity (Wildman–Crippen MR) is 128 cm³/mol. The van der Waals surface area contributed by atoms with Crippen LogP contribution in [0.2, 0.25) is 0 Å². The highest BCUT2D eigenvalue weighted by Gasteiger charge is 2.28. The number of benzene rings is 2. The number of nitrogens with one attached hydrogen (secondary N) is 1. The van der Waals surface area contributed by atoms with Crippen LogP contribution in [-0.2, 0) is 27.3 Å². The van der Waals surface area contributed by atoms with Crippen molar-refractivity contribution in [3.63, 3.8) is 0 Å². The molecule has 168 valence electrons. The normalized spacial score (nSPS) is 12.1. The van der Waals surface area contributed by atoms with Gasteiger partial charge in [-0.05, 0) is 50.5 Å². The molecule has 1 amide bonds. The number of aryl methyl sites for hydroxylation is 1. The highest BCUT2D eigenvalue weighted by atomic mass is 32.1. The number of rotatable bonds is 7. The van der Waals surface area contributed by atoms with Crippen molar-refractivity contribution in [2.75, 3.05) is 0 Å². The molecule has 6 heteroatoms. The summed E-state index contributed by atoms with van der Waals surface area (Å²) < 4.78 is 10.9. The van der Waals surface area contributed by atoms with Gasteiger partial charge in [0.15, 0.2) is 0 Å². The molecular weight excluding hydrogens is 422 g/mol. The van der Waals surface area contributed by atoms with Crippen LogP contribution in [0.1, 0.15) is 36.8 Å². The zero-order valence-corrected chi connectivity index (χ0v) is 19.7. The van der Waals surface area contributed by atoms with Crippen molar-refractivity contribution in [1.82, 2.24) is 5.32 Å². The molecule has 0 bridgehead atoms. The number of thiophene rings is 1. The van der Waals surface area contributed by atoms with Gasteiger partial charge in [0.05, 0.1) is 0 Å². The number of esters is 1. The molecule has 0 saturated heterocycles. The number of alkyl carbamates (subject to hydrolysis) is 1. The molecule has 0 aliphatic rings. The number of hydrogen-bond acceptors (Lipinski definition) is 5. The summed E-state index contributed by atoms with van der Waals surface area (Å²) in [5.41, 5.74) is 2.32. The van der Waals surface area contributed by atoms with Gasteiger partial charge in [-0.2, -0.15) is 0 Å². The lowest BCUT2D eigenvalue weighted by atomic mass is 10.0. The third-order valence-corrected chi connectivity index (χ3v) is 5.84. The lowest BCUT2D eigenvalue weighted by Crippen LogP contribution is -2.45. The second kappa shape index (κ2) is 10.5. The van der Waals surface area contributed by atoms with E-state index in [0.29, 0.717) is 6.42 Å². The second-order valence-corrected chi connectivity index (χ2v) is 9.81. The van der Waals surface area contributed by atoms with Gasteiger partial charge < -0.3 is 14.8 Å². The molecule has 32 heavy (non-hydrogen) atoms. The summed E-state index contributed by atoms with van der Waals surface area (Å²) in [4.78, 5) is 27.5. The summed E-state index contributed by atoms with van der Waals surface area (Å²) in [6.07, 6.45) is -0.328. The lowest BCUT2D eigenvalue weighted by Gasteiger charge is -2.24. The zero-order valence-electron chi connectivity index (χ0n) is 18.9. The van der Waals surface area contributed by atoms with Gasteiger partial charge in [0.25, 0.3) is 0 Å². The van der Waals surface area contributed by atoms with Crippen LogP contribution >= 0.6 is 11.3 Å². The fourth-order valence-electron chi connectivity index (χ4n) is 3.16. The van der Waals surface area contributed by atoms with Gasteiger partial charge in [-0.15, -0.1) is 11.3 Å². The third-order valence-electron chi connectivity index (χ3n) is 4.70. The van der Waals surface area contributed by atoms with Crippen LogP contribution in [0.15, 0.2) is 66.7 Å². The number of amides is 1. The minimum absolute atomic E-state index is 0.128. The van der Waals surface area contributed by atoms with E-state index in [1.807, 2.05) is 55.5 Å². The minimum Gasteiger partial charge on any atom is -0.458 e. The number of carbonyl (C=O) groups is 2. The molecule has 3 aromatic rings. The molecule has 1 aromatic heterocycles. The number of hydrogen-bond donors (Lipinski definition) is 1. The van der Waals surface area contributed by atoms with Crippen LogP contribution in [-0.4, -0.2) is 23.7 Å². The number of carbonyl (C=O) groups excluding carboxylic acids is 2. The van der Waals surface area contributed by atoms with E-state index >= 15 is 0 Å². The molecular formula is C26H29NO4S. The molecule has 1 heterocycles. The monoisotopic (exact) mass is 451 g/mol. The van der Waals surface area contributed by atoms with Gasteiger partial charge >= 0.3 is 12.1 Å². The van der Waals surface area contributed by atoms with Gasteiger partial charge in [-0.3, -0.25) is 0 Å². The van der Waals surface area contributed by atoms with E-state index in [9.17, 15) is 9.59 Å². The molecule has 2 aromatic carbocycles. The molecule has 0 fully saturated rings. The Kier molecular flexibility index (Phi) is 7.70. The molecule has 3 rings (SSSR count). The molecule has 0 spiro atoms. The first-order valence-electron chi connectivity index (χ1n) is 10.6. The Balaban J connectivity index is 1.73. The Morgan fingerprint density at radius 1 is 1.00 bits per heavy atom. The van der Waals surface area contributed by atoms with Crippen molar-refractivity contribution in [2.45, 2.75) is 52.4 Å². The SMILES string of the molecule is Cc1sc(-c2ccccc2)cc1C[C@@H](NC(=O)OCc1ccccc1)C(=O)OC(C)(C)C. The second-order valence-electron chi connectivity index (χ2n) is 8.55. The Morgan fingerprint density at radius 2 is 1.62 bits per heavy atom. The van der Waals surface area contributed by atoms with E-state index < -0.39 is 23.7 Å². The number of ether oxygens (including phenoxy) is 2. The van der Waals surface area contributed by atoms with E-state index in [4.69, 9.17) is 9.47 Å². The van der Waals surface area contributed by atoms with Crippen LogP contribution < -0.4 is 5.32 Å². The van der Waals surface area contributed by atoms with Crippen molar-refractivity contribution >= 4 is 23.4 Å². The third kappa shape index (κ3) is 6.95. The largest absolute Gasteiger partial charge is 0.458 e. The first-order valence-corrected chi connectivity index (χ1v) is 11.4. The van der Waals surface area contributed by atoms with E-state index in [2.05, 4.69) is 23.5 Å². The van der Waals surface area contributed by atoms with Crippen LogP contribution in [0.4, 0.5) is 4.79 Å². The maximum atomic E-state index is 12.9. The van der Waals surface area contributed by atoms with Crippen molar-refractivity contribution in [3.8, 4) is 10.4 Å². The average molecular weight is 452 g/mol. The van der Waals surface area contributed by atoms with E-state index in [1.54, 1.807) is 32.1 Å². The molecule has 5 nitrogen and oxygen atoms in total. The van der Waals surface area contributed by atoms with Crippen molar-refractivity contribution in [1.29, 1.82) is 0 Å². The minimum atomic E-state index is -0.852. The standard InChI is InChI=1S/C26H29NO4S/c1-18-21(16-23(32-18)20-13-9-6-10-14-20)15-22(24(28)31-26(2,3)4)27-25(29)30-17-19-11-7-5-8-12-19/h5-14,16,22H,15,17H2,1-4H3,(H,27,29)/t22-/m1/s1. The summed E-state index contributed by atoms with van der Waals surface area (Å²) >= 11 is 1.66. The molecule has 0 aliphatic heterocycles. The first-order chi connectivity index (χ1) is 15.2. The highest BCUT2D eigenvalue weighted by molar-refractivity contribution is 7.15. The quantitative estimate of drug-likeness (QED) is 0.454. The fourth-order valence-corrected chi connectivity index (χ4v) is 4.22. The molecule has 0 aliphatic carbocycles. The zero-order chi connectivity index (χ0) is 23.1. The van der Waals surface area contributed by atoms with Crippen LogP contribution in [0.25, 0.3) is 10.4 Å². The van der Waals surface area contributed by atoms with E-state index in [0.717, 1.165) is 26.4 Å². The van der Waals surface area contributed by atoms with Gasteiger partial charge in [-0.1, -0.05) is 60.7 Å². The van der Waals surface area contributed by atoms with E-state index in [-0.39, 0.29) is 6.61 Å². The van der Waals surface area contributed by atoms with Crippen molar-refractivity contribution in [3.05, 3.63) is 82.7 Å². The summed E-state index contributed by atoms with van der Waals surface area (Å²) in [7, 11) is 0. The molecule has 1 N–H and O–H groups in total. The lowest BCUT2D eigenvalue weighted by molar-refractivity contribution is -0.157. The van der Waals surface area contributed by atoms with Gasteiger partial charge in [-0.25, -0.2) is 9.59 Å². The van der Waals surface area contributed by atoms with Crippen LogP contribution in [0, 0.1) is 6.92 Å². The first kappa shape index (κ1) is 23.5. The Morgan fingerprint density at radius 3 is 2.25 bits per heavy atom. The van der Waals surface area contributed by atoms with Crippen LogP contribution in [0.5, 0.6) is 0 Å². The Bertz CT molecular complexity index is 1040. The summed E-state index contributed by atoms with van der Waals surface area (Å²) in [6.45, 7) is 7.56. The summed E-state index contributed by atoms with van der Waals surface area (Å²) in [5.74, 6) is -0.485. The Hall–Kier alpha value is -3.12. The summed E-state index contributed by atoms with van der Waals surface area (Å²) in [5, 5.41) is 2.70. The van der Waals surface area contributed by atoms with Gasteiger partial charge in [0.1, 0.15) is 18.2 Å². The maximum Gasteiger partial charge on any atom is 0.408 e. The molecule has 0 saturated carbocycles. The van der Waals surface area contributed by atoms with Crippen molar-refractivity contribution in [2.24, 2.45) is 0 Å². The smallest absolute Gasteiger partial charge is 0.408 e. The fraction of sp³-hybridized carbons (Fsp3) is 0.308. The predicted octanol–water partition coefficient (Wildman–Crippen LogP) is 5.90. The Labute approximate surface area is 193 Å². The van der Waals surface area contributed by atoms with Crippen molar-refractivity contribution < 1.29 is 19.1 Å². The van der Waals surface area contributed by atoms with Gasteiger partial charge in [0, 0.05) is 16.2 Å². The summed E-state index contributed by atoms with van der Waals surface area (Å²) in [6, 6.07) is 20.7. The molecule has 0 radical (unpaired) electrons. The van der Waals surface area contributed by atoms with Crippen LogP contribution in [0.3, 0.4) is 0 Å². The molecule has 0 unspecified atom stereocenters. The highest BCUT2D eigenvalue weighted by Crippen LogP contribution is 2.31. The average Bonchev–Trinajstić information content (AvgIpc) is 3.12. The topological polar surface area (TPSA) is 64.6 Å². The van der Waals surface area contributed by atoms with Gasteiger partial charge in [0.2, 0.25) is 0 Å². The maximum absolute atomic E-state index is 12.9. The van der Waals surface area contributed by atoms with E-state index in [1.165, 1.54) is 0 Å².